The van der Waals surface area contributed by atoms with E-state index in [1.54, 1.807) is 6.92 Å². The number of carbonyl (C=O) groups excluding carboxylic acids is 1. The first-order valence-corrected chi connectivity index (χ1v) is 8.99. The highest BCUT2D eigenvalue weighted by molar-refractivity contribution is 5.95. The van der Waals surface area contributed by atoms with E-state index in [1.807, 2.05) is 30.3 Å². The molecule has 4 rings (SSSR count). The van der Waals surface area contributed by atoms with Crippen LogP contribution in [0.2, 0.25) is 0 Å². The molecule has 0 fully saturated rings. The molecule has 0 atom stereocenters. The Kier molecular flexibility index (Phi) is 4.47. The van der Waals surface area contributed by atoms with Gasteiger partial charge in [-0.2, -0.15) is 0 Å². The summed E-state index contributed by atoms with van der Waals surface area (Å²) in [5.74, 6) is -1.01. The molecule has 0 bridgehead atoms. The normalized spacial score (nSPS) is 12.2. The molecule has 6 nitrogen and oxygen atoms in total. The van der Waals surface area contributed by atoms with Crippen molar-refractivity contribution in [3.05, 3.63) is 64.3 Å². The zero-order valence-electron chi connectivity index (χ0n) is 15.6. The van der Waals surface area contributed by atoms with Crippen LogP contribution in [0, 0.1) is 6.92 Å². The van der Waals surface area contributed by atoms with Gasteiger partial charge in [-0.3, -0.25) is 4.79 Å². The Hall–Kier alpha value is -3.41. The van der Waals surface area contributed by atoms with Gasteiger partial charge in [-0.05, 0) is 53.6 Å². The number of aromatic carboxylic acids is 1. The minimum Gasteiger partial charge on any atom is -0.477 e. The van der Waals surface area contributed by atoms with Crippen LogP contribution in [0.5, 0.6) is 0 Å². The van der Waals surface area contributed by atoms with E-state index in [2.05, 4.69) is 11.2 Å². The number of carboxylic acids is 1. The Morgan fingerprint density at radius 1 is 1.11 bits per heavy atom. The number of aryl methyl sites for hydroxylation is 3. The minimum atomic E-state index is -1.05. The second-order valence-electron chi connectivity index (χ2n) is 6.89. The lowest BCUT2D eigenvalue weighted by atomic mass is 9.83. The molecule has 1 aromatic heterocycles. The Balaban J connectivity index is 1.72. The average Bonchev–Trinajstić information content (AvgIpc) is 3.08. The number of nitrogens with zero attached hydrogens (tertiary/aromatic N) is 1. The molecule has 142 valence electrons. The molecule has 1 heterocycles. The van der Waals surface area contributed by atoms with Gasteiger partial charge in [0.1, 0.15) is 5.56 Å². The molecule has 28 heavy (non-hydrogen) atoms. The average molecular weight is 377 g/mol. The molecule has 0 radical (unpaired) electrons. The third kappa shape index (κ3) is 3.07. The van der Waals surface area contributed by atoms with Crippen molar-refractivity contribution < 1.29 is 24.0 Å². The Morgan fingerprint density at radius 2 is 1.79 bits per heavy atom. The smallest absolute Gasteiger partial charge is 0.341 e. The Bertz CT molecular complexity index is 1100. The molecule has 0 aliphatic heterocycles. The fraction of sp³-hybridized carbons (Fsp3) is 0.227. The van der Waals surface area contributed by atoms with Crippen LogP contribution in [0.3, 0.4) is 0 Å². The van der Waals surface area contributed by atoms with Gasteiger partial charge in [0, 0.05) is 5.56 Å². The number of rotatable bonds is 4. The van der Waals surface area contributed by atoms with Crippen molar-refractivity contribution >= 4 is 11.9 Å². The monoisotopic (exact) mass is 377 g/mol. The molecule has 0 unspecified atom stereocenters. The summed E-state index contributed by atoms with van der Waals surface area (Å²) >= 11 is 0. The van der Waals surface area contributed by atoms with E-state index in [-0.39, 0.29) is 23.7 Å². The largest absolute Gasteiger partial charge is 0.477 e. The highest BCUT2D eigenvalue weighted by atomic mass is 16.5. The summed E-state index contributed by atoms with van der Waals surface area (Å²) in [4.78, 5) is 23.0. The summed E-state index contributed by atoms with van der Waals surface area (Å²) in [7, 11) is 1.39. The third-order valence-electron chi connectivity index (χ3n) is 5.14. The highest BCUT2D eigenvalue weighted by Gasteiger charge is 2.23. The maximum absolute atomic E-state index is 11.5. The van der Waals surface area contributed by atoms with Gasteiger partial charge in [0.15, 0.2) is 5.76 Å². The number of aromatic nitrogens is 1. The molecule has 0 saturated heterocycles. The SMILES string of the molecule is COC(=O)Cc1ccc2c(c1)CCc1cc(-c3onc(C)c3C(=O)O)ccc1-2. The van der Waals surface area contributed by atoms with Crippen molar-refractivity contribution in [3.63, 3.8) is 0 Å². The van der Waals surface area contributed by atoms with Crippen LogP contribution in [0.15, 0.2) is 40.9 Å². The number of hydrogen-bond donors (Lipinski definition) is 1. The molecule has 1 aliphatic carbocycles. The number of esters is 1. The molecular formula is C22H19NO5. The molecule has 0 saturated carbocycles. The number of benzene rings is 2. The van der Waals surface area contributed by atoms with E-state index in [0.29, 0.717) is 11.3 Å². The Labute approximate surface area is 161 Å². The van der Waals surface area contributed by atoms with E-state index in [9.17, 15) is 14.7 Å². The van der Waals surface area contributed by atoms with E-state index in [1.165, 1.54) is 12.7 Å². The number of methoxy groups -OCH3 is 1. The Morgan fingerprint density at radius 3 is 2.46 bits per heavy atom. The van der Waals surface area contributed by atoms with Crippen LogP contribution in [-0.4, -0.2) is 29.3 Å². The predicted molar refractivity (Wildman–Crippen MR) is 102 cm³/mol. The summed E-state index contributed by atoms with van der Waals surface area (Å²) in [5.41, 5.74) is 6.69. The van der Waals surface area contributed by atoms with Gasteiger partial charge >= 0.3 is 11.9 Å². The quantitative estimate of drug-likeness (QED) is 0.695. The lowest BCUT2D eigenvalue weighted by Crippen LogP contribution is -2.08. The van der Waals surface area contributed by atoms with Crippen LogP contribution in [-0.2, 0) is 28.8 Å². The van der Waals surface area contributed by atoms with Crippen molar-refractivity contribution in [3.8, 4) is 22.5 Å². The van der Waals surface area contributed by atoms with Crippen molar-refractivity contribution in [2.24, 2.45) is 0 Å². The van der Waals surface area contributed by atoms with Gasteiger partial charge in [0.25, 0.3) is 0 Å². The fourth-order valence-electron chi connectivity index (χ4n) is 3.76. The lowest BCUT2D eigenvalue weighted by Gasteiger charge is -2.21. The number of ether oxygens (including phenoxy) is 1. The van der Waals surface area contributed by atoms with E-state index < -0.39 is 5.97 Å². The molecule has 1 N–H and O–H groups in total. The van der Waals surface area contributed by atoms with E-state index >= 15 is 0 Å². The summed E-state index contributed by atoms with van der Waals surface area (Å²) in [6.45, 7) is 1.62. The fourth-order valence-corrected chi connectivity index (χ4v) is 3.76. The maximum Gasteiger partial charge on any atom is 0.341 e. The second-order valence-corrected chi connectivity index (χ2v) is 6.89. The van der Waals surface area contributed by atoms with Crippen molar-refractivity contribution in [1.82, 2.24) is 5.16 Å². The van der Waals surface area contributed by atoms with Gasteiger partial charge in [0.05, 0.1) is 19.2 Å². The molecule has 0 spiro atoms. The van der Waals surface area contributed by atoms with Gasteiger partial charge < -0.3 is 14.4 Å². The topological polar surface area (TPSA) is 89.6 Å². The van der Waals surface area contributed by atoms with E-state index in [4.69, 9.17) is 9.26 Å². The minimum absolute atomic E-state index is 0.101. The molecule has 6 heteroatoms. The molecular weight excluding hydrogens is 358 g/mol. The first-order chi connectivity index (χ1) is 13.5. The highest BCUT2D eigenvalue weighted by Crippen LogP contribution is 2.37. The molecule has 2 aromatic carbocycles. The number of fused-ring (bicyclic) bond motifs is 3. The number of hydrogen-bond acceptors (Lipinski definition) is 5. The summed E-state index contributed by atoms with van der Waals surface area (Å²) in [5, 5.41) is 13.2. The third-order valence-corrected chi connectivity index (χ3v) is 5.14. The summed E-state index contributed by atoms with van der Waals surface area (Å²) < 4.78 is 10.0. The van der Waals surface area contributed by atoms with E-state index in [0.717, 1.165) is 35.1 Å². The van der Waals surface area contributed by atoms with Crippen molar-refractivity contribution in [1.29, 1.82) is 0 Å². The number of carboxylic acid groups (broad SMARTS) is 1. The first-order valence-electron chi connectivity index (χ1n) is 8.99. The van der Waals surface area contributed by atoms with Crippen LogP contribution < -0.4 is 0 Å². The van der Waals surface area contributed by atoms with Crippen molar-refractivity contribution in [2.45, 2.75) is 26.2 Å². The van der Waals surface area contributed by atoms with Crippen LogP contribution in [0.4, 0.5) is 0 Å². The van der Waals surface area contributed by atoms with Gasteiger partial charge in [-0.15, -0.1) is 0 Å². The second kappa shape index (κ2) is 6.96. The standard InChI is InChI=1S/C22H19NO5/c1-12-20(22(25)26)21(28-23-12)16-6-8-18-15(11-16)5-4-14-9-13(3-7-17(14)18)10-19(24)27-2/h3,6-9,11H,4-5,10H2,1-2H3,(H,25,26). The number of carbonyl (C=O) groups is 2. The molecule has 0 amide bonds. The van der Waals surface area contributed by atoms with Crippen LogP contribution >= 0.6 is 0 Å². The lowest BCUT2D eigenvalue weighted by molar-refractivity contribution is -0.139. The van der Waals surface area contributed by atoms with Gasteiger partial charge in [-0.25, -0.2) is 4.79 Å². The summed E-state index contributed by atoms with van der Waals surface area (Å²) in [6.07, 6.45) is 1.94. The first kappa shape index (κ1) is 18.0. The zero-order valence-corrected chi connectivity index (χ0v) is 15.6. The molecule has 3 aromatic rings. The van der Waals surface area contributed by atoms with Gasteiger partial charge in [0.2, 0.25) is 0 Å². The zero-order chi connectivity index (χ0) is 19.8. The maximum atomic E-state index is 11.5. The van der Waals surface area contributed by atoms with Crippen LogP contribution in [0.25, 0.3) is 22.5 Å². The molecule has 1 aliphatic rings. The van der Waals surface area contributed by atoms with Gasteiger partial charge in [-0.1, -0.05) is 35.5 Å². The predicted octanol–water partition coefficient (Wildman–Crippen LogP) is 3.83. The summed E-state index contributed by atoms with van der Waals surface area (Å²) in [6, 6.07) is 11.9. The van der Waals surface area contributed by atoms with Crippen LogP contribution in [0.1, 0.15) is 32.7 Å². The van der Waals surface area contributed by atoms with Crippen molar-refractivity contribution in [2.75, 3.05) is 7.11 Å².